The summed E-state index contributed by atoms with van der Waals surface area (Å²) in [6.07, 6.45) is 0. The predicted octanol–water partition coefficient (Wildman–Crippen LogP) is 4.37. The summed E-state index contributed by atoms with van der Waals surface area (Å²) < 4.78 is 10.5. The van der Waals surface area contributed by atoms with E-state index in [0.29, 0.717) is 24.5 Å². The highest BCUT2D eigenvalue weighted by atomic mass is 16.5. The molecule has 1 N–H and O–H groups in total. The number of amides is 1. The van der Waals surface area contributed by atoms with E-state index in [1.54, 1.807) is 18.2 Å². The number of carbonyl (C=O) groups is 2. The van der Waals surface area contributed by atoms with Gasteiger partial charge in [-0.2, -0.15) is 0 Å². The Morgan fingerprint density at radius 2 is 1.65 bits per heavy atom. The SMILES string of the molecule is CC(=O)Oc1ccc(-c2cccc(C(=O)Nc3ccccc3N3CCOCC3)c2)cc1. The highest BCUT2D eigenvalue weighted by Crippen LogP contribution is 2.28. The second-order valence-electron chi connectivity index (χ2n) is 7.27. The van der Waals surface area contributed by atoms with Gasteiger partial charge in [-0.15, -0.1) is 0 Å². The molecule has 1 heterocycles. The Bertz CT molecular complexity index is 1070. The number of nitrogens with one attached hydrogen (secondary N) is 1. The summed E-state index contributed by atoms with van der Waals surface area (Å²) in [5, 5.41) is 3.05. The summed E-state index contributed by atoms with van der Waals surface area (Å²) in [5.74, 6) is -0.0345. The van der Waals surface area contributed by atoms with Gasteiger partial charge in [0.25, 0.3) is 5.91 Å². The molecule has 0 bridgehead atoms. The third-order valence-corrected chi connectivity index (χ3v) is 5.08. The van der Waals surface area contributed by atoms with Gasteiger partial charge in [0.2, 0.25) is 0 Å². The molecule has 0 aromatic heterocycles. The number of ether oxygens (including phenoxy) is 2. The number of morpholine rings is 1. The van der Waals surface area contributed by atoms with E-state index in [0.717, 1.165) is 35.6 Å². The molecule has 4 rings (SSSR count). The summed E-state index contributed by atoms with van der Waals surface area (Å²) >= 11 is 0. The standard InChI is InChI=1S/C25H24N2O4/c1-18(28)31-22-11-9-19(10-12-22)20-5-4-6-21(17-20)25(29)26-23-7-2-3-8-24(23)27-13-15-30-16-14-27/h2-12,17H,13-16H2,1H3,(H,26,29). The van der Waals surface area contributed by atoms with Gasteiger partial charge in [-0.3, -0.25) is 9.59 Å². The highest BCUT2D eigenvalue weighted by molar-refractivity contribution is 6.06. The minimum absolute atomic E-state index is 0.168. The van der Waals surface area contributed by atoms with Gasteiger partial charge in [-0.1, -0.05) is 36.4 Å². The molecule has 0 saturated carbocycles. The van der Waals surface area contributed by atoms with Crippen molar-refractivity contribution in [2.24, 2.45) is 0 Å². The zero-order valence-electron chi connectivity index (χ0n) is 17.3. The topological polar surface area (TPSA) is 67.9 Å². The van der Waals surface area contributed by atoms with Crippen molar-refractivity contribution in [2.75, 3.05) is 36.5 Å². The fourth-order valence-electron chi connectivity index (χ4n) is 3.58. The Kier molecular flexibility index (Phi) is 6.29. The lowest BCUT2D eigenvalue weighted by atomic mass is 10.0. The second kappa shape index (κ2) is 9.45. The fraction of sp³-hybridized carbons (Fsp3) is 0.200. The molecular weight excluding hydrogens is 392 g/mol. The Morgan fingerprint density at radius 1 is 0.903 bits per heavy atom. The Hall–Kier alpha value is -3.64. The average molecular weight is 416 g/mol. The van der Waals surface area contributed by atoms with Crippen molar-refractivity contribution in [2.45, 2.75) is 6.92 Å². The van der Waals surface area contributed by atoms with Crippen molar-refractivity contribution in [3.63, 3.8) is 0 Å². The maximum atomic E-state index is 13.0. The van der Waals surface area contributed by atoms with E-state index >= 15 is 0 Å². The van der Waals surface area contributed by atoms with Crippen LogP contribution in [0.3, 0.4) is 0 Å². The van der Waals surface area contributed by atoms with Crippen LogP contribution < -0.4 is 15.0 Å². The third kappa shape index (κ3) is 5.10. The molecule has 0 atom stereocenters. The number of nitrogens with zero attached hydrogens (tertiary/aromatic N) is 1. The number of esters is 1. The summed E-state index contributed by atoms with van der Waals surface area (Å²) in [4.78, 5) is 26.3. The number of hydrogen-bond donors (Lipinski definition) is 1. The van der Waals surface area contributed by atoms with Crippen LogP contribution in [-0.4, -0.2) is 38.2 Å². The maximum absolute atomic E-state index is 13.0. The molecule has 6 nitrogen and oxygen atoms in total. The number of rotatable bonds is 5. The summed E-state index contributed by atoms with van der Waals surface area (Å²) in [7, 11) is 0. The van der Waals surface area contributed by atoms with Crippen molar-refractivity contribution in [3.8, 4) is 16.9 Å². The zero-order valence-corrected chi connectivity index (χ0v) is 17.3. The first-order valence-corrected chi connectivity index (χ1v) is 10.2. The highest BCUT2D eigenvalue weighted by Gasteiger charge is 2.16. The lowest BCUT2D eigenvalue weighted by Crippen LogP contribution is -2.36. The van der Waals surface area contributed by atoms with Crippen molar-refractivity contribution in [1.29, 1.82) is 0 Å². The summed E-state index contributed by atoms with van der Waals surface area (Å²) in [6.45, 7) is 4.33. The number of hydrogen-bond acceptors (Lipinski definition) is 5. The summed E-state index contributed by atoms with van der Waals surface area (Å²) in [6, 6.07) is 22.5. The number of benzene rings is 3. The molecule has 3 aromatic carbocycles. The Labute approximate surface area is 181 Å². The van der Waals surface area contributed by atoms with Crippen molar-refractivity contribution in [1.82, 2.24) is 0 Å². The quantitative estimate of drug-likeness (QED) is 0.494. The van der Waals surface area contributed by atoms with Crippen LogP contribution >= 0.6 is 0 Å². The molecule has 1 aliphatic rings. The van der Waals surface area contributed by atoms with Crippen molar-refractivity contribution >= 4 is 23.3 Å². The van der Waals surface area contributed by atoms with E-state index in [9.17, 15) is 9.59 Å². The first kappa shape index (κ1) is 20.6. The summed E-state index contributed by atoms with van der Waals surface area (Å²) in [5.41, 5.74) is 4.18. The van der Waals surface area contributed by atoms with Crippen LogP contribution in [0.4, 0.5) is 11.4 Å². The number of anilines is 2. The third-order valence-electron chi connectivity index (χ3n) is 5.08. The molecular formula is C25H24N2O4. The molecule has 0 radical (unpaired) electrons. The number of carbonyl (C=O) groups excluding carboxylic acids is 2. The van der Waals surface area contributed by atoms with Crippen LogP contribution in [-0.2, 0) is 9.53 Å². The van der Waals surface area contributed by atoms with E-state index in [1.165, 1.54) is 6.92 Å². The first-order chi connectivity index (χ1) is 15.1. The van der Waals surface area contributed by atoms with E-state index in [1.807, 2.05) is 54.6 Å². The van der Waals surface area contributed by atoms with Gasteiger partial charge in [-0.25, -0.2) is 0 Å². The second-order valence-corrected chi connectivity index (χ2v) is 7.27. The van der Waals surface area contributed by atoms with Gasteiger partial charge in [0.05, 0.1) is 24.6 Å². The van der Waals surface area contributed by atoms with Crippen LogP contribution in [0.5, 0.6) is 5.75 Å². The van der Waals surface area contributed by atoms with Gasteiger partial charge >= 0.3 is 5.97 Å². The molecule has 0 spiro atoms. The molecule has 0 unspecified atom stereocenters. The van der Waals surface area contributed by atoms with Gasteiger partial charge in [0.15, 0.2) is 0 Å². The monoisotopic (exact) mass is 416 g/mol. The molecule has 31 heavy (non-hydrogen) atoms. The first-order valence-electron chi connectivity index (χ1n) is 10.2. The zero-order chi connectivity index (χ0) is 21.6. The normalized spacial score (nSPS) is 13.5. The van der Waals surface area contributed by atoms with E-state index in [4.69, 9.17) is 9.47 Å². The van der Waals surface area contributed by atoms with Crippen LogP contribution in [0.15, 0.2) is 72.8 Å². The molecule has 6 heteroatoms. The van der Waals surface area contributed by atoms with Crippen LogP contribution in [0.25, 0.3) is 11.1 Å². The molecule has 1 amide bonds. The van der Waals surface area contributed by atoms with Crippen molar-refractivity contribution < 1.29 is 19.1 Å². The van der Waals surface area contributed by atoms with Crippen molar-refractivity contribution in [3.05, 3.63) is 78.4 Å². The van der Waals surface area contributed by atoms with Crippen LogP contribution in [0.1, 0.15) is 17.3 Å². The molecule has 1 saturated heterocycles. The van der Waals surface area contributed by atoms with E-state index in [2.05, 4.69) is 10.2 Å². The Morgan fingerprint density at radius 3 is 2.39 bits per heavy atom. The smallest absolute Gasteiger partial charge is 0.308 e. The average Bonchev–Trinajstić information content (AvgIpc) is 2.80. The molecule has 1 aliphatic heterocycles. The molecule has 3 aromatic rings. The predicted molar refractivity (Wildman–Crippen MR) is 121 cm³/mol. The Balaban J connectivity index is 1.52. The maximum Gasteiger partial charge on any atom is 0.308 e. The minimum atomic E-state index is -0.358. The van der Waals surface area contributed by atoms with Gasteiger partial charge in [0.1, 0.15) is 5.75 Å². The number of para-hydroxylation sites is 2. The van der Waals surface area contributed by atoms with Gasteiger partial charge in [0, 0.05) is 25.6 Å². The molecule has 0 aliphatic carbocycles. The fourth-order valence-corrected chi connectivity index (χ4v) is 3.58. The largest absolute Gasteiger partial charge is 0.427 e. The molecule has 158 valence electrons. The van der Waals surface area contributed by atoms with Crippen LogP contribution in [0.2, 0.25) is 0 Å². The van der Waals surface area contributed by atoms with Gasteiger partial charge < -0.3 is 19.7 Å². The molecule has 1 fully saturated rings. The van der Waals surface area contributed by atoms with E-state index < -0.39 is 0 Å². The minimum Gasteiger partial charge on any atom is -0.427 e. The lowest BCUT2D eigenvalue weighted by Gasteiger charge is -2.30. The lowest BCUT2D eigenvalue weighted by molar-refractivity contribution is -0.131. The van der Waals surface area contributed by atoms with Gasteiger partial charge in [-0.05, 0) is 47.5 Å². The van der Waals surface area contributed by atoms with Crippen LogP contribution in [0, 0.1) is 0 Å². The van der Waals surface area contributed by atoms with E-state index in [-0.39, 0.29) is 11.9 Å².